The lowest BCUT2D eigenvalue weighted by Gasteiger charge is -2.23. The number of carbonyl (C=O) groups is 1. The number of amides is 1. The minimum Gasteiger partial charge on any atom is -0.371 e. The van der Waals surface area contributed by atoms with Crippen LogP contribution in [0.4, 0.5) is 11.4 Å². The number of nitrogens with one attached hydrogen (secondary N) is 1. The van der Waals surface area contributed by atoms with E-state index in [1.54, 1.807) is 30.5 Å². The molecule has 0 spiro atoms. The molecule has 0 atom stereocenters. The zero-order valence-corrected chi connectivity index (χ0v) is 14.3. The summed E-state index contributed by atoms with van der Waals surface area (Å²) in [6, 6.07) is 10.8. The first-order valence-electron chi connectivity index (χ1n) is 7.92. The molecule has 0 saturated heterocycles. The molecule has 0 aliphatic carbocycles. The van der Waals surface area contributed by atoms with Gasteiger partial charge >= 0.3 is 0 Å². The molecule has 0 saturated carbocycles. The molecule has 4 nitrogen and oxygen atoms in total. The van der Waals surface area contributed by atoms with Crippen LogP contribution in [-0.4, -0.2) is 24.0 Å². The number of nitrogens with zero attached hydrogens (tertiary/aromatic N) is 2. The summed E-state index contributed by atoms with van der Waals surface area (Å²) in [5.41, 5.74) is 2.14. The number of pyridine rings is 1. The van der Waals surface area contributed by atoms with Crippen molar-refractivity contribution in [2.75, 3.05) is 23.3 Å². The summed E-state index contributed by atoms with van der Waals surface area (Å²) >= 11 is 5.85. The topological polar surface area (TPSA) is 45.2 Å². The number of rotatable bonds is 7. The molecule has 2 aromatic rings. The van der Waals surface area contributed by atoms with Gasteiger partial charge in [-0.15, -0.1) is 0 Å². The van der Waals surface area contributed by atoms with Crippen LogP contribution in [0.25, 0.3) is 0 Å². The van der Waals surface area contributed by atoms with Crippen LogP contribution in [-0.2, 0) is 0 Å². The average Bonchev–Trinajstić information content (AvgIpc) is 2.57. The van der Waals surface area contributed by atoms with E-state index in [-0.39, 0.29) is 5.91 Å². The van der Waals surface area contributed by atoms with Crippen molar-refractivity contribution in [1.29, 1.82) is 0 Å². The van der Waals surface area contributed by atoms with Gasteiger partial charge in [-0.25, -0.2) is 0 Å². The first kappa shape index (κ1) is 17.3. The van der Waals surface area contributed by atoms with Gasteiger partial charge in [-0.2, -0.15) is 0 Å². The highest BCUT2D eigenvalue weighted by atomic mass is 35.5. The quantitative estimate of drug-likeness (QED) is 0.805. The van der Waals surface area contributed by atoms with Crippen molar-refractivity contribution in [3.05, 3.63) is 53.3 Å². The molecular formula is C18H22ClN3O. The van der Waals surface area contributed by atoms with Crippen molar-refractivity contribution in [1.82, 2.24) is 4.98 Å². The lowest BCUT2D eigenvalue weighted by atomic mass is 10.2. The number of benzene rings is 1. The number of aromatic nitrogens is 1. The van der Waals surface area contributed by atoms with Gasteiger partial charge in [-0.1, -0.05) is 25.4 Å². The van der Waals surface area contributed by atoms with Gasteiger partial charge < -0.3 is 10.2 Å². The second-order valence-electron chi connectivity index (χ2n) is 5.35. The Morgan fingerprint density at radius 3 is 2.39 bits per heavy atom. The highest BCUT2D eigenvalue weighted by molar-refractivity contribution is 6.30. The molecule has 0 aliphatic rings. The lowest BCUT2D eigenvalue weighted by molar-refractivity contribution is 0.102. The van der Waals surface area contributed by atoms with Crippen LogP contribution in [0.2, 0.25) is 5.02 Å². The Labute approximate surface area is 142 Å². The van der Waals surface area contributed by atoms with Crippen molar-refractivity contribution in [3.63, 3.8) is 0 Å². The Morgan fingerprint density at radius 1 is 1.13 bits per heavy atom. The third kappa shape index (κ3) is 4.96. The molecular weight excluding hydrogens is 310 g/mol. The maximum Gasteiger partial charge on any atom is 0.274 e. The second-order valence-corrected chi connectivity index (χ2v) is 5.78. The predicted molar refractivity (Wildman–Crippen MR) is 96.4 cm³/mol. The molecule has 0 bridgehead atoms. The fourth-order valence-electron chi connectivity index (χ4n) is 2.38. The van der Waals surface area contributed by atoms with E-state index in [0.717, 1.165) is 31.6 Å². The first-order chi connectivity index (χ1) is 11.1. The van der Waals surface area contributed by atoms with E-state index in [1.807, 2.05) is 12.1 Å². The summed E-state index contributed by atoms with van der Waals surface area (Å²) in [4.78, 5) is 18.8. The normalized spacial score (nSPS) is 10.4. The fourth-order valence-corrected chi connectivity index (χ4v) is 2.50. The van der Waals surface area contributed by atoms with Gasteiger partial charge in [0.1, 0.15) is 5.69 Å². The van der Waals surface area contributed by atoms with Gasteiger partial charge in [0.25, 0.3) is 5.91 Å². The Morgan fingerprint density at radius 2 is 1.78 bits per heavy atom. The van der Waals surface area contributed by atoms with E-state index in [1.165, 1.54) is 0 Å². The molecule has 2 rings (SSSR count). The summed E-state index contributed by atoms with van der Waals surface area (Å²) in [7, 11) is 0. The Kier molecular flexibility index (Phi) is 6.41. The fraction of sp³-hybridized carbons (Fsp3) is 0.333. The van der Waals surface area contributed by atoms with Crippen molar-refractivity contribution in [2.45, 2.75) is 26.7 Å². The molecule has 5 heteroatoms. The number of hydrogen-bond donors (Lipinski definition) is 1. The monoisotopic (exact) mass is 331 g/mol. The van der Waals surface area contributed by atoms with Gasteiger partial charge in [-0.3, -0.25) is 9.78 Å². The van der Waals surface area contributed by atoms with E-state index in [2.05, 4.69) is 29.0 Å². The highest BCUT2D eigenvalue weighted by Crippen LogP contribution is 2.18. The van der Waals surface area contributed by atoms with Gasteiger partial charge in [0.15, 0.2) is 0 Å². The van der Waals surface area contributed by atoms with E-state index < -0.39 is 0 Å². The van der Waals surface area contributed by atoms with Gasteiger partial charge in [-0.05, 0) is 49.2 Å². The third-order valence-corrected chi connectivity index (χ3v) is 3.68. The molecule has 122 valence electrons. The zero-order chi connectivity index (χ0) is 16.7. The minimum atomic E-state index is -0.220. The molecule has 0 radical (unpaired) electrons. The summed E-state index contributed by atoms with van der Waals surface area (Å²) < 4.78 is 0. The minimum absolute atomic E-state index is 0.220. The number of halogens is 1. The van der Waals surface area contributed by atoms with Crippen LogP contribution in [0.3, 0.4) is 0 Å². The van der Waals surface area contributed by atoms with E-state index >= 15 is 0 Å². The molecule has 0 fully saturated rings. The number of anilines is 2. The van der Waals surface area contributed by atoms with E-state index in [9.17, 15) is 4.79 Å². The van der Waals surface area contributed by atoms with Crippen LogP contribution in [0, 0.1) is 0 Å². The van der Waals surface area contributed by atoms with Crippen LogP contribution in [0.1, 0.15) is 37.2 Å². The maximum atomic E-state index is 12.4. The van der Waals surface area contributed by atoms with Crippen LogP contribution >= 0.6 is 11.6 Å². The first-order valence-corrected chi connectivity index (χ1v) is 8.29. The van der Waals surface area contributed by atoms with Gasteiger partial charge in [0, 0.05) is 35.7 Å². The molecule has 1 aromatic heterocycles. The maximum absolute atomic E-state index is 12.4. The van der Waals surface area contributed by atoms with Crippen molar-refractivity contribution >= 4 is 28.9 Å². The molecule has 1 N–H and O–H groups in total. The summed E-state index contributed by atoms with van der Waals surface area (Å²) in [5.74, 6) is -0.220. The summed E-state index contributed by atoms with van der Waals surface area (Å²) in [6.07, 6.45) is 3.81. The van der Waals surface area contributed by atoms with Gasteiger partial charge in [0.2, 0.25) is 0 Å². The molecule has 0 unspecified atom stereocenters. The number of hydrogen-bond acceptors (Lipinski definition) is 3. The van der Waals surface area contributed by atoms with E-state index in [4.69, 9.17) is 11.6 Å². The molecule has 0 aliphatic heterocycles. The predicted octanol–water partition coefficient (Wildman–Crippen LogP) is 4.61. The smallest absolute Gasteiger partial charge is 0.274 e. The van der Waals surface area contributed by atoms with Crippen LogP contribution in [0.5, 0.6) is 0 Å². The molecule has 1 aromatic carbocycles. The second kappa shape index (κ2) is 8.53. The zero-order valence-electron chi connectivity index (χ0n) is 13.6. The Balaban J connectivity index is 2.14. The summed E-state index contributed by atoms with van der Waals surface area (Å²) in [6.45, 7) is 6.24. The number of carbonyl (C=O) groups excluding carboxylic acids is 1. The van der Waals surface area contributed by atoms with Crippen LogP contribution in [0.15, 0.2) is 42.6 Å². The van der Waals surface area contributed by atoms with Crippen molar-refractivity contribution in [2.24, 2.45) is 0 Å². The highest BCUT2D eigenvalue weighted by Gasteiger charge is 2.11. The molecule has 1 heterocycles. The van der Waals surface area contributed by atoms with Crippen LogP contribution < -0.4 is 10.2 Å². The molecule has 23 heavy (non-hydrogen) atoms. The Hall–Kier alpha value is -2.07. The third-order valence-electron chi connectivity index (χ3n) is 3.43. The van der Waals surface area contributed by atoms with Gasteiger partial charge in [0.05, 0.1) is 0 Å². The Bertz CT molecular complexity index is 637. The average molecular weight is 332 g/mol. The van der Waals surface area contributed by atoms with E-state index in [0.29, 0.717) is 16.4 Å². The summed E-state index contributed by atoms with van der Waals surface area (Å²) in [5, 5.41) is 3.47. The van der Waals surface area contributed by atoms with Crippen molar-refractivity contribution < 1.29 is 4.79 Å². The van der Waals surface area contributed by atoms with Crippen molar-refractivity contribution in [3.8, 4) is 0 Å². The molecule has 1 amide bonds. The standard InChI is InChI=1S/C18H22ClN3O/c1-3-11-22(12-4-2)16-9-10-20-17(13-16)18(23)21-15-7-5-14(19)6-8-15/h5-10,13H,3-4,11-12H2,1-2H3,(H,21,23). The largest absolute Gasteiger partial charge is 0.371 e. The SMILES string of the molecule is CCCN(CCC)c1ccnc(C(=O)Nc2ccc(Cl)cc2)c1. The lowest BCUT2D eigenvalue weighted by Crippen LogP contribution is -2.25.